The fourth-order valence-electron chi connectivity index (χ4n) is 1.09. The third-order valence-electron chi connectivity index (χ3n) is 2.15. The minimum Gasteiger partial charge on any atom is -0.314 e. The molecular weight excluding hydrogens is 164 g/mol. The molecule has 0 aromatic heterocycles. The number of sulfonamides is 1. The first-order valence-corrected chi connectivity index (χ1v) is 5.35. The molecule has 0 bridgehead atoms. The summed E-state index contributed by atoms with van der Waals surface area (Å²) in [6, 6.07) is 0.345. The van der Waals surface area contributed by atoms with E-state index < -0.39 is 10.0 Å². The Morgan fingerprint density at radius 3 is 2.55 bits per heavy atom. The minimum atomic E-state index is -3.00. The van der Waals surface area contributed by atoms with E-state index >= 15 is 0 Å². The molecule has 1 fully saturated rings. The summed E-state index contributed by atoms with van der Waals surface area (Å²) >= 11 is 0. The summed E-state index contributed by atoms with van der Waals surface area (Å²) in [7, 11) is -1.55. The van der Waals surface area contributed by atoms with Crippen LogP contribution >= 0.6 is 0 Å². The zero-order chi connectivity index (χ0) is 8.48. The zero-order valence-corrected chi connectivity index (χ0v) is 7.61. The molecule has 66 valence electrons. The summed E-state index contributed by atoms with van der Waals surface area (Å²) in [4.78, 5) is 0. The molecule has 1 aliphatic heterocycles. The van der Waals surface area contributed by atoms with Crippen molar-refractivity contribution in [1.29, 1.82) is 0 Å². The number of rotatable bonds is 3. The third-order valence-corrected chi connectivity index (χ3v) is 3.64. The van der Waals surface area contributed by atoms with Gasteiger partial charge in [0.1, 0.15) is 0 Å². The van der Waals surface area contributed by atoms with Crippen LogP contribution in [0.4, 0.5) is 0 Å². The topological polar surface area (TPSA) is 58.2 Å². The molecule has 0 spiro atoms. The maximum atomic E-state index is 11.0. The highest BCUT2D eigenvalue weighted by Gasteiger charge is 2.29. The van der Waals surface area contributed by atoms with Crippen molar-refractivity contribution in [3.05, 3.63) is 0 Å². The van der Waals surface area contributed by atoms with Crippen molar-refractivity contribution in [2.24, 2.45) is 5.92 Å². The average molecular weight is 178 g/mol. The van der Waals surface area contributed by atoms with E-state index in [0.717, 1.165) is 6.54 Å². The second-order valence-electron chi connectivity index (χ2n) is 2.94. The molecule has 1 aliphatic rings. The minimum absolute atomic E-state index is 0.248. The highest BCUT2D eigenvalue weighted by Crippen LogP contribution is 2.13. The maximum Gasteiger partial charge on any atom is 0.211 e. The lowest BCUT2D eigenvalue weighted by Crippen LogP contribution is -2.54. The molecule has 0 aromatic carbocycles. The lowest BCUT2D eigenvalue weighted by molar-refractivity contribution is 0.275. The first-order valence-electron chi connectivity index (χ1n) is 3.70. The third kappa shape index (κ3) is 2.15. The van der Waals surface area contributed by atoms with Crippen LogP contribution in [-0.4, -0.2) is 33.8 Å². The molecule has 0 aliphatic carbocycles. The highest BCUT2D eigenvalue weighted by atomic mass is 32.2. The van der Waals surface area contributed by atoms with Gasteiger partial charge in [0.2, 0.25) is 10.0 Å². The van der Waals surface area contributed by atoms with Gasteiger partial charge < -0.3 is 5.32 Å². The van der Waals surface area contributed by atoms with Crippen molar-refractivity contribution >= 4 is 10.0 Å². The Kier molecular flexibility index (Phi) is 2.51. The predicted molar refractivity (Wildman–Crippen MR) is 43.8 cm³/mol. The van der Waals surface area contributed by atoms with Gasteiger partial charge in [0.25, 0.3) is 0 Å². The Bertz CT molecular complexity index is 225. The summed E-state index contributed by atoms with van der Waals surface area (Å²) in [5.74, 6) is 0.532. The zero-order valence-electron chi connectivity index (χ0n) is 6.79. The summed E-state index contributed by atoms with van der Waals surface area (Å²) in [5, 5.41) is 3.11. The summed E-state index contributed by atoms with van der Waals surface area (Å²) in [6.45, 7) is 2.82. The smallest absolute Gasteiger partial charge is 0.211 e. The van der Waals surface area contributed by atoms with Crippen LogP contribution in [0.2, 0.25) is 0 Å². The molecule has 0 saturated carbocycles. The Morgan fingerprint density at radius 1 is 1.64 bits per heavy atom. The monoisotopic (exact) mass is 178 g/mol. The van der Waals surface area contributed by atoms with Crippen LogP contribution in [0, 0.1) is 5.92 Å². The van der Waals surface area contributed by atoms with Crippen LogP contribution < -0.4 is 10.0 Å². The SMILES string of the molecule is CNS(=O)(=O)C[C@H]1CN[C@@H]1C. The Morgan fingerprint density at radius 2 is 2.27 bits per heavy atom. The summed E-state index contributed by atoms with van der Waals surface area (Å²) in [6.07, 6.45) is 0. The van der Waals surface area contributed by atoms with Gasteiger partial charge in [0.15, 0.2) is 0 Å². The largest absolute Gasteiger partial charge is 0.314 e. The van der Waals surface area contributed by atoms with E-state index in [0.29, 0.717) is 6.04 Å². The standard InChI is InChI=1S/C6H14N2O2S/c1-5-6(3-8-5)4-11(9,10)7-2/h5-8H,3-4H2,1-2H3/t5-,6-/m1/s1. The van der Waals surface area contributed by atoms with E-state index in [-0.39, 0.29) is 11.7 Å². The van der Waals surface area contributed by atoms with Gasteiger partial charge in [-0.15, -0.1) is 0 Å². The highest BCUT2D eigenvalue weighted by molar-refractivity contribution is 7.89. The van der Waals surface area contributed by atoms with Gasteiger partial charge >= 0.3 is 0 Å². The van der Waals surface area contributed by atoms with Crippen LogP contribution in [-0.2, 0) is 10.0 Å². The van der Waals surface area contributed by atoms with Crippen LogP contribution in [0.15, 0.2) is 0 Å². The molecule has 5 heteroatoms. The molecule has 0 unspecified atom stereocenters. The van der Waals surface area contributed by atoms with Gasteiger partial charge in [0, 0.05) is 18.5 Å². The van der Waals surface area contributed by atoms with Crippen molar-refractivity contribution < 1.29 is 8.42 Å². The van der Waals surface area contributed by atoms with Gasteiger partial charge in [0.05, 0.1) is 5.75 Å². The molecule has 2 atom stereocenters. The fraction of sp³-hybridized carbons (Fsp3) is 1.00. The number of hydrogen-bond acceptors (Lipinski definition) is 3. The molecule has 4 nitrogen and oxygen atoms in total. The van der Waals surface area contributed by atoms with Gasteiger partial charge in [-0.1, -0.05) is 0 Å². The molecule has 0 amide bonds. The van der Waals surface area contributed by atoms with Gasteiger partial charge in [-0.25, -0.2) is 13.1 Å². The average Bonchev–Trinajstić information content (AvgIpc) is 1.98. The molecule has 1 rings (SSSR count). The number of nitrogens with one attached hydrogen (secondary N) is 2. The van der Waals surface area contributed by atoms with E-state index in [2.05, 4.69) is 10.0 Å². The van der Waals surface area contributed by atoms with E-state index in [1.165, 1.54) is 7.05 Å². The predicted octanol–water partition coefficient (Wildman–Crippen LogP) is -0.856. The van der Waals surface area contributed by atoms with Crippen molar-refractivity contribution in [1.82, 2.24) is 10.0 Å². The first-order chi connectivity index (χ1) is 5.05. The quantitative estimate of drug-likeness (QED) is 0.591. The maximum absolute atomic E-state index is 11.0. The van der Waals surface area contributed by atoms with Crippen LogP contribution in [0.3, 0.4) is 0 Å². The molecule has 0 radical (unpaired) electrons. The normalized spacial score (nSPS) is 31.5. The molecular formula is C6H14N2O2S. The molecule has 2 N–H and O–H groups in total. The van der Waals surface area contributed by atoms with E-state index in [9.17, 15) is 8.42 Å². The lowest BCUT2D eigenvalue weighted by atomic mass is 9.96. The van der Waals surface area contributed by atoms with Crippen molar-refractivity contribution in [3.63, 3.8) is 0 Å². The second-order valence-corrected chi connectivity index (χ2v) is 4.91. The van der Waals surface area contributed by atoms with Crippen molar-refractivity contribution in [2.45, 2.75) is 13.0 Å². The van der Waals surface area contributed by atoms with Crippen molar-refractivity contribution in [2.75, 3.05) is 19.3 Å². The van der Waals surface area contributed by atoms with Crippen LogP contribution in [0.25, 0.3) is 0 Å². The number of hydrogen-bond donors (Lipinski definition) is 2. The molecule has 1 heterocycles. The van der Waals surface area contributed by atoms with E-state index in [1.807, 2.05) is 6.92 Å². The Labute approximate surface area is 67.4 Å². The summed E-state index contributed by atoms with van der Waals surface area (Å²) in [5.41, 5.74) is 0. The first kappa shape index (κ1) is 8.96. The molecule has 0 aromatic rings. The molecule has 1 saturated heterocycles. The summed E-state index contributed by atoms with van der Waals surface area (Å²) < 4.78 is 24.3. The molecule has 11 heavy (non-hydrogen) atoms. The van der Waals surface area contributed by atoms with E-state index in [4.69, 9.17) is 0 Å². The van der Waals surface area contributed by atoms with Gasteiger partial charge in [-0.2, -0.15) is 0 Å². The van der Waals surface area contributed by atoms with Crippen LogP contribution in [0.1, 0.15) is 6.92 Å². The second kappa shape index (κ2) is 3.08. The van der Waals surface area contributed by atoms with Crippen molar-refractivity contribution in [3.8, 4) is 0 Å². The van der Waals surface area contributed by atoms with Crippen LogP contribution in [0.5, 0.6) is 0 Å². The Hall–Kier alpha value is -0.130. The van der Waals surface area contributed by atoms with Gasteiger partial charge in [-0.05, 0) is 14.0 Å². The lowest BCUT2D eigenvalue weighted by Gasteiger charge is -2.34. The Balaban J connectivity index is 2.42. The van der Waals surface area contributed by atoms with E-state index in [1.54, 1.807) is 0 Å². The fourth-order valence-corrected chi connectivity index (χ4v) is 2.23. The van der Waals surface area contributed by atoms with Gasteiger partial charge in [-0.3, -0.25) is 0 Å².